The van der Waals surface area contributed by atoms with Gasteiger partial charge in [-0.05, 0) is 18.1 Å². The van der Waals surface area contributed by atoms with Gasteiger partial charge in [-0.25, -0.2) is 4.39 Å². The molecule has 1 amide bonds. The molecule has 0 aliphatic heterocycles. The number of likely N-dealkylation sites (N-methyl/N-ethyl adjacent to an activating group) is 1. The van der Waals surface area contributed by atoms with E-state index >= 15 is 0 Å². The van der Waals surface area contributed by atoms with Crippen LogP contribution in [0.25, 0.3) is 0 Å². The summed E-state index contributed by atoms with van der Waals surface area (Å²) < 4.78 is 18.8. The predicted octanol–water partition coefficient (Wildman–Crippen LogP) is 3.52. The van der Waals surface area contributed by atoms with Gasteiger partial charge in [-0.1, -0.05) is 55.5 Å². The Labute approximate surface area is 147 Å². The topological polar surface area (TPSA) is 46.6 Å². The second kappa shape index (κ2) is 8.97. The van der Waals surface area contributed by atoms with Crippen LogP contribution < -0.4 is 0 Å². The van der Waals surface area contributed by atoms with Crippen molar-refractivity contribution in [1.29, 1.82) is 0 Å². The molecule has 1 unspecified atom stereocenters. The van der Waals surface area contributed by atoms with Gasteiger partial charge in [0.2, 0.25) is 0 Å². The van der Waals surface area contributed by atoms with Crippen LogP contribution in [0.4, 0.5) is 4.39 Å². The molecule has 0 aliphatic carbocycles. The van der Waals surface area contributed by atoms with Crippen LogP contribution in [0.5, 0.6) is 0 Å². The lowest BCUT2D eigenvalue weighted by molar-refractivity contribution is -0.153. The molecule has 0 heterocycles. The predicted molar refractivity (Wildman–Crippen MR) is 93.3 cm³/mol. The number of hydrogen-bond acceptors (Lipinski definition) is 3. The highest BCUT2D eigenvalue weighted by Gasteiger charge is 2.22. The van der Waals surface area contributed by atoms with Crippen molar-refractivity contribution >= 4 is 11.9 Å². The van der Waals surface area contributed by atoms with Crippen LogP contribution in [-0.2, 0) is 20.9 Å². The van der Waals surface area contributed by atoms with E-state index in [1.165, 1.54) is 11.0 Å². The normalized spacial score (nSPS) is 11.6. The molecule has 0 fully saturated rings. The number of nitrogens with zero attached hydrogens (tertiary/aromatic N) is 1. The van der Waals surface area contributed by atoms with Gasteiger partial charge in [0, 0.05) is 19.2 Å². The summed E-state index contributed by atoms with van der Waals surface area (Å²) in [4.78, 5) is 25.7. The van der Waals surface area contributed by atoms with Crippen molar-refractivity contribution in [3.05, 3.63) is 71.5 Å². The van der Waals surface area contributed by atoms with E-state index in [1.807, 2.05) is 37.3 Å². The maximum atomic E-state index is 13.6. The minimum absolute atomic E-state index is 0.124. The molecule has 0 aromatic heterocycles. The summed E-state index contributed by atoms with van der Waals surface area (Å²) in [5.74, 6) is -1.57. The Bertz CT molecular complexity index is 718. The van der Waals surface area contributed by atoms with Crippen molar-refractivity contribution < 1.29 is 18.7 Å². The van der Waals surface area contributed by atoms with Gasteiger partial charge in [0.25, 0.3) is 5.91 Å². The first-order chi connectivity index (χ1) is 12.0. The third-order valence-corrected chi connectivity index (χ3v) is 4.02. The monoisotopic (exact) mass is 343 g/mol. The Morgan fingerprint density at radius 1 is 1.08 bits per heavy atom. The quantitative estimate of drug-likeness (QED) is 0.723. The van der Waals surface area contributed by atoms with E-state index in [9.17, 15) is 14.0 Å². The summed E-state index contributed by atoms with van der Waals surface area (Å²) >= 11 is 0. The molecule has 2 aromatic rings. The van der Waals surface area contributed by atoms with Crippen molar-refractivity contribution in [1.82, 2.24) is 4.90 Å². The van der Waals surface area contributed by atoms with Crippen molar-refractivity contribution in [2.24, 2.45) is 0 Å². The van der Waals surface area contributed by atoms with Gasteiger partial charge in [0.15, 0.2) is 6.61 Å². The zero-order chi connectivity index (χ0) is 18.2. The standard InChI is InChI=1S/C20H22FNO3/c1-3-17(15-9-5-4-6-10-15)20(24)25-14-19(23)22(2)13-16-11-7-8-12-18(16)21/h4-12,17H,3,13-14H2,1-2H3. The van der Waals surface area contributed by atoms with Crippen molar-refractivity contribution in [2.45, 2.75) is 25.8 Å². The van der Waals surface area contributed by atoms with Crippen LogP contribution >= 0.6 is 0 Å². The highest BCUT2D eigenvalue weighted by molar-refractivity contribution is 5.83. The Balaban J connectivity index is 1.90. The summed E-state index contributed by atoms with van der Waals surface area (Å²) in [7, 11) is 1.55. The Kier molecular flexibility index (Phi) is 6.69. The zero-order valence-corrected chi connectivity index (χ0v) is 14.4. The molecule has 0 N–H and O–H groups in total. The third-order valence-electron chi connectivity index (χ3n) is 4.02. The number of amides is 1. The summed E-state index contributed by atoms with van der Waals surface area (Å²) in [6, 6.07) is 15.6. The highest BCUT2D eigenvalue weighted by atomic mass is 19.1. The molecule has 0 spiro atoms. The van der Waals surface area contributed by atoms with Crippen molar-refractivity contribution in [3.63, 3.8) is 0 Å². The van der Waals surface area contributed by atoms with E-state index in [0.717, 1.165) is 5.56 Å². The van der Waals surface area contributed by atoms with Crippen LogP contribution in [0, 0.1) is 5.82 Å². The summed E-state index contributed by atoms with van der Waals surface area (Å²) in [6.07, 6.45) is 0.585. The van der Waals surface area contributed by atoms with Crippen molar-refractivity contribution in [2.75, 3.05) is 13.7 Å². The highest BCUT2D eigenvalue weighted by Crippen LogP contribution is 2.20. The molecule has 132 valence electrons. The van der Waals surface area contributed by atoms with Crippen LogP contribution in [0.2, 0.25) is 0 Å². The summed E-state index contributed by atoms with van der Waals surface area (Å²) in [5, 5.41) is 0. The molecule has 0 saturated carbocycles. The largest absolute Gasteiger partial charge is 0.455 e. The summed E-state index contributed by atoms with van der Waals surface area (Å²) in [5.41, 5.74) is 1.28. The molecule has 0 aliphatic rings. The lowest BCUT2D eigenvalue weighted by atomic mass is 9.97. The number of carbonyl (C=O) groups is 2. The Morgan fingerprint density at radius 3 is 2.36 bits per heavy atom. The van der Waals surface area contributed by atoms with Gasteiger partial charge in [-0.15, -0.1) is 0 Å². The van der Waals surface area contributed by atoms with Crippen LogP contribution in [0.3, 0.4) is 0 Å². The van der Waals surface area contributed by atoms with Gasteiger partial charge in [0.05, 0.1) is 5.92 Å². The smallest absolute Gasteiger partial charge is 0.313 e. The SMILES string of the molecule is CCC(C(=O)OCC(=O)N(C)Cc1ccccc1F)c1ccccc1. The van der Waals surface area contributed by atoms with Gasteiger partial charge in [-0.2, -0.15) is 0 Å². The molecule has 0 saturated heterocycles. The average molecular weight is 343 g/mol. The average Bonchev–Trinajstić information content (AvgIpc) is 2.63. The third kappa shape index (κ3) is 5.14. The fraction of sp³-hybridized carbons (Fsp3) is 0.300. The Morgan fingerprint density at radius 2 is 1.72 bits per heavy atom. The minimum atomic E-state index is -0.429. The first kappa shape index (κ1) is 18.6. The van der Waals surface area contributed by atoms with E-state index in [0.29, 0.717) is 12.0 Å². The summed E-state index contributed by atoms with van der Waals surface area (Å²) in [6.45, 7) is 1.66. The zero-order valence-electron chi connectivity index (χ0n) is 14.4. The minimum Gasteiger partial charge on any atom is -0.455 e. The first-order valence-corrected chi connectivity index (χ1v) is 8.21. The van der Waals surface area contributed by atoms with Gasteiger partial charge < -0.3 is 9.64 Å². The van der Waals surface area contributed by atoms with E-state index in [2.05, 4.69) is 0 Å². The molecule has 25 heavy (non-hydrogen) atoms. The van der Waals surface area contributed by atoms with Crippen LogP contribution in [0.15, 0.2) is 54.6 Å². The van der Waals surface area contributed by atoms with Gasteiger partial charge in [0.1, 0.15) is 5.82 Å². The molecule has 2 rings (SSSR count). The van der Waals surface area contributed by atoms with Crippen LogP contribution in [-0.4, -0.2) is 30.4 Å². The molecular weight excluding hydrogens is 321 g/mol. The van der Waals surface area contributed by atoms with Crippen LogP contribution in [0.1, 0.15) is 30.4 Å². The van der Waals surface area contributed by atoms with E-state index in [1.54, 1.807) is 25.2 Å². The molecule has 5 heteroatoms. The first-order valence-electron chi connectivity index (χ1n) is 8.21. The molecule has 4 nitrogen and oxygen atoms in total. The maximum Gasteiger partial charge on any atom is 0.313 e. The lowest BCUT2D eigenvalue weighted by Gasteiger charge is -2.19. The fourth-order valence-corrected chi connectivity index (χ4v) is 2.54. The number of carbonyl (C=O) groups excluding carboxylic acids is 2. The number of ether oxygens (including phenoxy) is 1. The maximum absolute atomic E-state index is 13.6. The van der Waals surface area contributed by atoms with Gasteiger partial charge >= 0.3 is 5.97 Å². The van der Waals surface area contributed by atoms with E-state index in [4.69, 9.17) is 4.74 Å². The Hall–Kier alpha value is -2.69. The molecule has 0 radical (unpaired) electrons. The lowest BCUT2D eigenvalue weighted by Crippen LogP contribution is -2.32. The second-order valence-corrected chi connectivity index (χ2v) is 5.82. The number of benzene rings is 2. The molecule has 1 atom stereocenters. The van der Waals surface area contributed by atoms with Crippen molar-refractivity contribution in [3.8, 4) is 0 Å². The molecule has 2 aromatic carbocycles. The number of halogens is 1. The van der Waals surface area contributed by atoms with E-state index < -0.39 is 11.9 Å². The number of esters is 1. The van der Waals surface area contributed by atoms with Gasteiger partial charge in [-0.3, -0.25) is 9.59 Å². The molecular formula is C20H22FNO3. The fourth-order valence-electron chi connectivity index (χ4n) is 2.54. The second-order valence-electron chi connectivity index (χ2n) is 5.82. The molecule has 0 bridgehead atoms. The van der Waals surface area contributed by atoms with E-state index in [-0.39, 0.29) is 24.9 Å². The number of hydrogen-bond donors (Lipinski definition) is 0. The number of rotatable bonds is 7.